The molecule has 0 saturated carbocycles. The largest absolute Gasteiger partial charge is 0.618 e. The van der Waals surface area contributed by atoms with E-state index in [9.17, 15) is 33.3 Å². The van der Waals surface area contributed by atoms with E-state index < -0.39 is 40.6 Å². The highest BCUT2D eigenvalue weighted by Crippen LogP contribution is 2.40. The standard InChI is InChI=1S/C31H27F3N4O7/c1-2-43-30(39)36-35-25(16-23-14-9-15-37(40)29(23)31(32,33)34)24-17-26(38(41)42)28(45-20-22-12-7-4-8-13-22)27(18-24)44-19-21-10-5-3-6-11-21/h3-15,17-18H,2,16,19-20H2,1H3,(H,36,39). The Hall–Kier alpha value is -5.66. The molecular formula is C31H27F3N4O7. The van der Waals surface area contributed by atoms with Gasteiger partial charge in [-0.05, 0) is 30.2 Å². The van der Waals surface area contributed by atoms with Gasteiger partial charge in [0.25, 0.3) is 0 Å². The van der Waals surface area contributed by atoms with Crippen LogP contribution in [0.5, 0.6) is 11.5 Å². The van der Waals surface area contributed by atoms with Crippen LogP contribution >= 0.6 is 0 Å². The van der Waals surface area contributed by atoms with Crippen molar-refractivity contribution in [2.24, 2.45) is 5.10 Å². The van der Waals surface area contributed by atoms with Crippen LogP contribution in [0.1, 0.15) is 34.9 Å². The number of hydrogen-bond acceptors (Lipinski definition) is 8. The highest BCUT2D eigenvalue weighted by molar-refractivity contribution is 6.03. The summed E-state index contributed by atoms with van der Waals surface area (Å²) in [6.07, 6.45) is -6.03. The second kappa shape index (κ2) is 14.7. The Labute approximate surface area is 255 Å². The summed E-state index contributed by atoms with van der Waals surface area (Å²) in [6.45, 7) is 1.41. The van der Waals surface area contributed by atoms with Crippen LogP contribution in [0.4, 0.5) is 23.7 Å². The first-order valence-corrected chi connectivity index (χ1v) is 13.5. The number of nitro benzene ring substituents is 1. The van der Waals surface area contributed by atoms with Gasteiger partial charge in [0.05, 0.1) is 17.2 Å². The number of amides is 1. The maximum atomic E-state index is 13.9. The minimum Gasteiger partial charge on any atom is -0.618 e. The Bertz CT molecular complexity index is 1670. The van der Waals surface area contributed by atoms with Gasteiger partial charge in [-0.2, -0.15) is 23.0 Å². The molecule has 45 heavy (non-hydrogen) atoms. The van der Waals surface area contributed by atoms with E-state index in [1.54, 1.807) is 60.7 Å². The average molecular weight is 625 g/mol. The summed E-state index contributed by atoms with van der Waals surface area (Å²) in [7, 11) is 0. The average Bonchev–Trinajstić information content (AvgIpc) is 3.01. The van der Waals surface area contributed by atoms with Gasteiger partial charge >= 0.3 is 23.7 Å². The van der Waals surface area contributed by atoms with Gasteiger partial charge < -0.3 is 19.4 Å². The van der Waals surface area contributed by atoms with E-state index in [1.807, 2.05) is 0 Å². The molecule has 0 aliphatic rings. The van der Waals surface area contributed by atoms with E-state index in [4.69, 9.17) is 14.2 Å². The number of carbonyl (C=O) groups excluding carboxylic acids is 1. The van der Waals surface area contributed by atoms with Crippen molar-refractivity contribution in [2.45, 2.75) is 32.7 Å². The SMILES string of the molecule is CCOC(=O)NN=C(Cc1ccc[n+]([O-])c1C(F)(F)F)c1cc(OCc2ccccc2)c(OCc2ccccc2)c([N+](=O)[O-])c1. The zero-order valence-electron chi connectivity index (χ0n) is 23.8. The summed E-state index contributed by atoms with van der Waals surface area (Å²) in [5.74, 6) is -0.333. The molecule has 3 aromatic carbocycles. The molecule has 1 aromatic heterocycles. The number of hydrogen-bond donors (Lipinski definition) is 1. The fraction of sp³-hybridized carbons (Fsp3) is 0.194. The number of benzene rings is 3. The molecule has 11 nitrogen and oxygen atoms in total. The molecule has 1 amide bonds. The Balaban J connectivity index is 1.84. The van der Waals surface area contributed by atoms with Crippen LogP contribution in [0.2, 0.25) is 0 Å². The molecule has 234 valence electrons. The maximum Gasteiger partial charge on any atom is 0.479 e. The molecule has 0 spiro atoms. The van der Waals surface area contributed by atoms with Crippen molar-refractivity contribution in [3.63, 3.8) is 0 Å². The highest BCUT2D eigenvalue weighted by atomic mass is 19.4. The van der Waals surface area contributed by atoms with Gasteiger partial charge in [-0.3, -0.25) is 10.1 Å². The number of pyridine rings is 1. The number of alkyl halides is 3. The van der Waals surface area contributed by atoms with Crippen LogP contribution in [-0.4, -0.2) is 23.3 Å². The quantitative estimate of drug-likeness (QED) is 0.0661. The molecule has 0 aliphatic heterocycles. The first-order chi connectivity index (χ1) is 21.6. The number of rotatable bonds is 12. The van der Waals surface area contributed by atoms with Crippen molar-refractivity contribution in [1.29, 1.82) is 0 Å². The number of carbonyl (C=O) groups is 1. The topological polar surface area (TPSA) is 139 Å². The van der Waals surface area contributed by atoms with Crippen LogP contribution in [0, 0.1) is 15.3 Å². The van der Waals surface area contributed by atoms with Crippen LogP contribution in [0.15, 0.2) is 96.2 Å². The Morgan fingerprint density at radius 1 is 0.956 bits per heavy atom. The third-order valence-electron chi connectivity index (χ3n) is 6.26. The second-order valence-corrected chi connectivity index (χ2v) is 9.40. The summed E-state index contributed by atoms with van der Waals surface area (Å²) in [6, 6.07) is 22.3. The molecule has 4 aromatic rings. The predicted octanol–water partition coefficient (Wildman–Crippen LogP) is 6.10. The normalized spacial score (nSPS) is 11.5. The first kappa shape index (κ1) is 32.3. The number of aromatic nitrogens is 1. The number of nitrogens with one attached hydrogen (secondary N) is 1. The lowest BCUT2D eigenvalue weighted by molar-refractivity contribution is -0.629. The predicted molar refractivity (Wildman–Crippen MR) is 155 cm³/mol. The van der Waals surface area contributed by atoms with Gasteiger partial charge in [-0.15, -0.1) is 0 Å². The molecule has 0 unspecified atom stereocenters. The van der Waals surface area contributed by atoms with Crippen molar-refractivity contribution < 1.29 is 41.8 Å². The molecular weight excluding hydrogens is 597 g/mol. The minimum absolute atomic E-state index is 0.0276. The Kier molecular flexibility index (Phi) is 10.5. The zero-order valence-corrected chi connectivity index (χ0v) is 23.8. The molecule has 0 radical (unpaired) electrons. The third kappa shape index (κ3) is 8.69. The van der Waals surface area contributed by atoms with Gasteiger partial charge in [0.2, 0.25) is 5.75 Å². The van der Waals surface area contributed by atoms with E-state index in [0.29, 0.717) is 11.8 Å². The van der Waals surface area contributed by atoms with Crippen molar-refractivity contribution in [3.8, 4) is 11.5 Å². The zero-order chi connectivity index (χ0) is 32.4. The van der Waals surface area contributed by atoms with E-state index in [1.165, 1.54) is 13.0 Å². The maximum absolute atomic E-state index is 13.9. The Morgan fingerprint density at radius 3 is 2.16 bits per heavy atom. The van der Waals surface area contributed by atoms with Crippen molar-refractivity contribution >= 4 is 17.5 Å². The van der Waals surface area contributed by atoms with Crippen LogP contribution in [-0.2, 0) is 30.5 Å². The van der Waals surface area contributed by atoms with Crippen LogP contribution < -0.4 is 19.6 Å². The van der Waals surface area contributed by atoms with E-state index in [-0.39, 0.29) is 47.3 Å². The Morgan fingerprint density at radius 2 is 1.58 bits per heavy atom. The van der Waals surface area contributed by atoms with Gasteiger partial charge in [-0.1, -0.05) is 60.7 Å². The molecule has 0 bridgehead atoms. The molecule has 0 atom stereocenters. The molecule has 4 rings (SSSR count). The van der Waals surface area contributed by atoms with Gasteiger partial charge in [0.1, 0.15) is 13.2 Å². The number of ether oxygens (including phenoxy) is 3. The fourth-order valence-electron chi connectivity index (χ4n) is 4.25. The van der Waals surface area contributed by atoms with Crippen LogP contribution in [0.3, 0.4) is 0 Å². The number of nitrogens with zero attached hydrogens (tertiary/aromatic N) is 3. The molecule has 0 fully saturated rings. The lowest BCUT2D eigenvalue weighted by atomic mass is 9.99. The van der Waals surface area contributed by atoms with Gasteiger partial charge in [0.15, 0.2) is 11.9 Å². The van der Waals surface area contributed by atoms with Crippen molar-refractivity contribution in [3.05, 3.63) is 134 Å². The number of nitro groups is 1. The molecule has 0 saturated heterocycles. The first-order valence-electron chi connectivity index (χ1n) is 13.5. The van der Waals surface area contributed by atoms with E-state index in [0.717, 1.165) is 23.8 Å². The van der Waals surface area contributed by atoms with Crippen LogP contribution in [0.25, 0.3) is 0 Å². The van der Waals surface area contributed by atoms with Gasteiger partial charge in [-0.25, -0.2) is 10.2 Å². The van der Waals surface area contributed by atoms with E-state index >= 15 is 0 Å². The number of halogens is 3. The fourth-order valence-corrected chi connectivity index (χ4v) is 4.25. The lowest BCUT2D eigenvalue weighted by Crippen LogP contribution is -2.38. The monoisotopic (exact) mass is 624 g/mol. The molecule has 0 aliphatic carbocycles. The smallest absolute Gasteiger partial charge is 0.479 e. The van der Waals surface area contributed by atoms with Crippen molar-refractivity contribution in [1.82, 2.24) is 5.43 Å². The summed E-state index contributed by atoms with van der Waals surface area (Å²) in [4.78, 5) is 23.6. The molecule has 1 heterocycles. The second-order valence-electron chi connectivity index (χ2n) is 9.40. The summed E-state index contributed by atoms with van der Waals surface area (Å²) in [5, 5.41) is 28.4. The number of hydrazone groups is 1. The summed E-state index contributed by atoms with van der Waals surface area (Å²) in [5.41, 5.74) is 0.591. The molecule has 14 heteroatoms. The van der Waals surface area contributed by atoms with Crippen molar-refractivity contribution in [2.75, 3.05) is 6.61 Å². The summed E-state index contributed by atoms with van der Waals surface area (Å²) >= 11 is 0. The van der Waals surface area contributed by atoms with E-state index in [2.05, 4.69) is 10.5 Å². The summed E-state index contributed by atoms with van der Waals surface area (Å²) < 4.78 is 57.9. The van der Waals surface area contributed by atoms with Gasteiger partial charge in [0, 0.05) is 29.7 Å². The third-order valence-corrected chi connectivity index (χ3v) is 6.26. The minimum atomic E-state index is -5.04. The highest BCUT2D eigenvalue weighted by Gasteiger charge is 2.42. The molecule has 1 N–H and O–H groups in total. The lowest BCUT2D eigenvalue weighted by Gasteiger charge is -2.17.